The molecule has 0 bridgehead atoms. The number of hydrogen-bond donors (Lipinski definition) is 3. The van der Waals surface area contributed by atoms with Crippen molar-refractivity contribution in [3.8, 4) is 0 Å². The molecule has 34 heavy (non-hydrogen) atoms. The van der Waals surface area contributed by atoms with Crippen molar-refractivity contribution in [3.05, 3.63) is 6.42 Å². The lowest BCUT2D eigenvalue weighted by Gasteiger charge is -2.21. The van der Waals surface area contributed by atoms with Crippen molar-refractivity contribution in [2.24, 2.45) is 0 Å². The number of esters is 2. The molecule has 0 aromatic rings. The lowest BCUT2D eigenvalue weighted by molar-refractivity contribution is -0.161. The van der Waals surface area contributed by atoms with E-state index in [0.29, 0.717) is 12.8 Å². The Kier molecular flexibility index (Phi) is 20.6. The van der Waals surface area contributed by atoms with Crippen LogP contribution in [-0.4, -0.2) is 65.7 Å². The van der Waals surface area contributed by atoms with Crippen molar-refractivity contribution in [1.29, 1.82) is 0 Å². The van der Waals surface area contributed by atoms with Crippen molar-refractivity contribution in [2.45, 2.75) is 103 Å². The molecule has 0 radical (unpaired) electrons. The first-order valence-corrected chi connectivity index (χ1v) is 13.8. The summed E-state index contributed by atoms with van der Waals surface area (Å²) in [5.74, 6) is -0.989. The van der Waals surface area contributed by atoms with Gasteiger partial charge in [-0.15, -0.1) is 0 Å². The lowest BCUT2D eigenvalue weighted by atomic mass is 10.1. The molecule has 0 aliphatic heterocycles. The number of carbonyl (C=O) groups excluding carboxylic acids is 2. The van der Waals surface area contributed by atoms with Crippen molar-refractivity contribution in [2.75, 3.05) is 26.4 Å². The van der Waals surface area contributed by atoms with Crippen LogP contribution in [0, 0.1) is 6.42 Å². The number of aliphatic hydroxyl groups is 2. The average Bonchev–Trinajstić information content (AvgIpc) is 2.81. The predicted octanol–water partition coefficient (Wildman–Crippen LogP) is 3.85. The van der Waals surface area contributed by atoms with Gasteiger partial charge in [-0.05, 0) is 6.42 Å². The van der Waals surface area contributed by atoms with E-state index in [2.05, 4.69) is 18.4 Å². The highest BCUT2D eigenvalue weighted by Crippen LogP contribution is 2.43. The maximum absolute atomic E-state index is 12.1. The van der Waals surface area contributed by atoms with Gasteiger partial charge in [0.15, 0.2) is 6.10 Å². The summed E-state index contributed by atoms with van der Waals surface area (Å²) < 4.78 is 31.8. The summed E-state index contributed by atoms with van der Waals surface area (Å²) >= 11 is 0. The Bertz CT molecular complexity index is 572. The number of ether oxygens (including phenoxy) is 2. The van der Waals surface area contributed by atoms with Crippen LogP contribution in [0.2, 0.25) is 0 Å². The van der Waals surface area contributed by atoms with Gasteiger partial charge in [0.2, 0.25) is 0 Å². The predicted molar refractivity (Wildman–Crippen MR) is 127 cm³/mol. The fourth-order valence-electron chi connectivity index (χ4n) is 2.83. The number of phosphoric ester groups is 1. The van der Waals surface area contributed by atoms with Gasteiger partial charge in [0.05, 0.1) is 19.8 Å². The van der Waals surface area contributed by atoms with Crippen LogP contribution in [0.5, 0.6) is 0 Å². The second-order valence-corrected chi connectivity index (χ2v) is 9.63. The molecule has 0 aromatic carbocycles. The molecule has 0 spiro atoms. The van der Waals surface area contributed by atoms with Crippen LogP contribution in [0.1, 0.15) is 90.9 Å². The first-order valence-electron chi connectivity index (χ1n) is 12.3. The van der Waals surface area contributed by atoms with Crippen LogP contribution >= 0.6 is 7.82 Å². The molecular weight excluding hydrogens is 467 g/mol. The van der Waals surface area contributed by atoms with Gasteiger partial charge < -0.3 is 31.0 Å². The molecule has 0 rings (SSSR count). The minimum absolute atomic E-state index is 0.127. The summed E-state index contributed by atoms with van der Waals surface area (Å²) in [6.07, 6.45) is 9.59. The average molecular weight is 512 g/mol. The summed E-state index contributed by atoms with van der Waals surface area (Å²) in [6.45, 7) is 2.08. The minimum Gasteiger partial charge on any atom is -0.462 e. The summed E-state index contributed by atoms with van der Waals surface area (Å²) in [4.78, 5) is 33.9. The molecule has 3 N–H and O–H groups in total. The molecule has 0 aromatic heterocycles. The van der Waals surface area contributed by atoms with Gasteiger partial charge in [0.25, 0.3) is 0 Å². The van der Waals surface area contributed by atoms with E-state index < -0.39 is 51.8 Å². The Hall–Kier alpha value is -1.03. The molecular formula is C23H44O10P-. The quantitative estimate of drug-likeness (QED) is 0.0799. The highest BCUT2D eigenvalue weighted by atomic mass is 31.2. The van der Waals surface area contributed by atoms with E-state index in [9.17, 15) is 24.2 Å². The Morgan fingerprint density at radius 3 is 2.18 bits per heavy atom. The number of unbranched alkanes of at least 4 members (excludes halogenated alkanes) is 9. The second kappa shape index (κ2) is 21.3. The molecule has 0 saturated carbocycles. The molecule has 0 fully saturated rings. The zero-order valence-corrected chi connectivity index (χ0v) is 21.6. The number of aliphatic hydroxyl groups excluding tert-OH is 2. The molecule has 0 heterocycles. The summed E-state index contributed by atoms with van der Waals surface area (Å²) in [5.41, 5.74) is 0. The van der Waals surface area contributed by atoms with E-state index in [1.54, 1.807) is 0 Å². The smallest absolute Gasteiger partial charge is 0.462 e. The molecule has 202 valence electrons. The third kappa shape index (κ3) is 20.4. The van der Waals surface area contributed by atoms with Crippen molar-refractivity contribution < 1.29 is 47.8 Å². The molecule has 1 unspecified atom stereocenters. The molecule has 11 heteroatoms. The second-order valence-electron chi connectivity index (χ2n) is 8.18. The number of phosphoric acid groups is 1. The zero-order valence-electron chi connectivity index (χ0n) is 20.7. The van der Waals surface area contributed by atoms with E-state index >= 15 is 0 Å². The van der Waals surface area contributed by atoms with Gasteiger partial charge in [0.1, 0.15) is 12.7 Å². The molecule has 0 saturated heterocycles. The molecule has 3 atom stereocenters. The first kappa shape index (κ1) is 33.0. The minimum atomic E-state index is -4.58. The van der Waals surface area contributed by atoms with E-state index in [1.807, 2.05) is 6.42 Å². The van der Waals surface area contributed by atoms with E-state index in [4.69, 9.17) is 19.1 Å². The number of hydrogen-bond acceptors (Lipinski definition) is 9. The summed E-state index contributed by atoms with van der Waals surface area (Å²) in [5, 5.41) is 18.0. The van der Waals surface area contributed by atoms with Crippen molar-refractivity contribution in [3.63, 3.8) is 0 Å². The van der Waals surface area contributed by atoms with Gasteiger partial charge >= 0.3 is 19.8 Å². The van der Waals surface area contributed by atoms with Crippen molar-refractivity contribution >= 4 is 19.8 Å². The summed E-state index contributed by atoms with van der Waals surface area (Å²) in [7, 11) is -4.58. The fourth-order valence-corrected chi connectivity index (χ4v) is 3.62. The van der Waals surface area contributed by atoms with Gasteiger partial charge in [-0.25, -0.2) is 4.57 Å². The normalized spacial score (nSPS) is 14.9. The van der Waals surface area contributed by atoms with Gasteiger partial charge in [0, 0.05) is 12.8 Å². The Balaban J connectivity index is 4.57. The van der Waals surface area contributed by atoms with Crippen LogP contribution in [0.4, 0.5) is 0 Å². The van der Waals surface area contributed by atoms with Crippen molar-refractivity contribution in [1.82, 2.24) is 0 Å². The monoisotopic (exact) mass is 511 g/mol. The van der Waals surface area contributed by atoms with Gasteiger partial charge in [-0.2, -0.15) is 12.8 Å². The third-order valence-corrected chi connectivity index (χ3v) is 5.79. The topological polar surface area (TPSA) is 149 Å². The first-order chi connectivity index (χ1) is 16.2. The SMILES string of the molecule is CCCC[CH-]CCC(=O)O[C@H](COC(=O)CCCCCCCC)COP(=O)(O)OC[C@@H](O)CO. The van der Waals surface area contributed by atoms with E-state index in [-0.39, 0.29) is 19.4 Å². The molecule has 0 aliphatic carbocycles. The van der Waals surface area contributed by atoms with Crippen LogP contribution in [-0.2, 0) is 32.7 Å². The van der Waals surface area contributed by atoms with Crippen LogP contribution in [0.25, 0.3) is 0 Å². The van der Waals surface area contributed by atoms with E-state index in [1.165, 1.54) is 6.42 Å². The highest BCUT2D eigenvalue weighted by Gasteiger charge is 2.26. The van der Waals surface area contributed by atoms with E-state index in [0.717, 1.165) is 44.9 Å². The Labute approximate surface area is 203 Å². The maximum atomic E-state index is 12.1. The van der Waals surface area contributed by atoms with Gasteiger partial charge in [-0.3, -0.25) is 18.6 Å². The fraction of sp³-hybridized carbons (Fsp3) is 0.870. The highest BCUT2D eigenvalue weighted by molar-refractivity contribution is 7.47. The van der Waals surface area contributed by atoms with Crippen LogP contribution < -0.4 is 0 Å². The van der Waals surface area contributed by atoms with Gasteiger partial charge in [-0.1, -0.05) is 58.8 Å². The van der Waals surface area contributed by atoms with Crippen LogP contribution in [0.3, 0.4) is 0 Å². The lowest BCUT2D eigenvalue weighted by Crippen LogP contribution is -2.29. The van der Waals surface area contributed by atoms with Crippen LogP contribution in [0.15, 0.2) is 0 Å². The largest absolute Gasteiger partial charge is 0.472 e. The molecule has 0 amide bonds. The molecule has 0 aliphatic rings. The number of rotatable bonds is 23. The summed E-state index contributed by atoms with van der Waals surface area (Å²) in [6, 6.07) is 0. The molecule has 10 nitrogen and oxygen atoms in total. The standard InChI is InChI=1S/C23H44O10P/c1-3-5-7-9-11-12-14-22(26)30-18-21(33-23(27)15-13-10-8-6-4-2)19-32-34(28,29)31-17-20(25)16-24/h10,20-21,24-25H,3-9,11-19H2,1-2H3,(H,28,29)/q-1/t20-,21+/m0/s1. The number of carbonyl (C=O) groups is 2. The Morgan fingerprint density at radius 2 is 1.50 bits per heavy atom. The maximum Gasteiger partial charge on any atom is 0.472 e. The third-order valence-electron chi connectivity index (χ3n) is 4.84. The zero-order chi connectivity index (χ0) is 25.7. The Morgan fingerprint density at radius 1 is 0.853 bits per heavy atom.